The number of nitrogens with one attached hydrogen (secondary N) is 1. The zero-order valence-corrected chi connectivity index (χ0v) is 17.0. The van der Waals surface area contributed by atoms with Gasteiger partial charge in [-0.1, -0.05) is 30.3 Å². The Labute approximate surface area is 168 Å². The van der Waals surface area contributed by atoms with Crippen molar-refractivity contribution in [3.8, 4) is 11.5 Å². The summed E-state index contributed by atoms with van der Waals surface area (Å²) in [7, 11) is 0. The maximum absolute atomic E-state index is 12.4. The number of aryl methyl sites for hydroxylation is 2. The van der Waals surface area contributed by atoms with Gasteiger partial charge in [0.1, 0.15) is 11.5 Å². The molecule has 4 nitrogen and oxygen atoms in total. The molecule has 0 heterocycles. The Hall–Kier alpha value is -2.49. The van der Waals surface area contributed by atoms with Gasteiger partial charge in [-0.05, 0) is 81.2 Å². The van der Waals surface area contributed by atoms with Crippen LogP contribution in [0.2, 0.25) is 0 Å². The summed E-state index contributed by atoms with van der Waals surface area (Å²) < 4.78 is 11.7. The fraction of sp³-hybridized carbons (Fsp3) is 0.458. The van der Waals surface area contributed by atoms with Crippen LogP contribution in [-0.2, 0) is 24.1 Å². The number of carbonyl (C=O) groups is 1. The van der Waals surface area contributed by atoms with E-state index in [0.717, 1.165) is 37.2 Å². The Bertz CT molecular complexity index is 787. The second-order valence-corrected chi connectivity index (χ2v) is 7.30. The molecule has 0 bridgehead atoms. The van der Waals surface area contributed by atoms with Crippen LogP contribution < -0.4 is 14.8 Å². The van der Waals surface area contributed by atoms with Crippen molar-refractivity contribution in [3.05, 3.63) is 59.2 Å². The summed E-state index contributed by atoms with van der Waals surface area (Å²) in [6, 6.07) is 14.3. The topological polar surface area (TPSA) is 47.6 Å². The number of benzene rings is 2. The monoisotopic (exact) mass is 381 g/mol. The molecule has 150 valence electrons. The van der Waals surface area contributed by atoms with Gasteiger partial charge in [-0.3, -0.25) is 4.79 Å². The van der Waals surface area contributed by atoms with Crippen LogP contribution in [0.15, 0.2) is 42.5 Å². The molecule has 1 amide bonds. The van der Waals surface area contributed by atoms with E-state index < -0.39 is 6.10 Å². The number of amides is 1. The number of fused-ring (bicyclic) bond motifs is 1. The molecule has 4 heteroatoms. The predicted molar refractivity (Wildman–Crippen MR) is 112 cm³/mol. The average Bonchev–Trinajstić information content (AvgIpc) is 2.72. The van der Waals surface area contributed by atoms with E-state index in [-0.39, 0.29) is 5.91 Å². The highest BCUT2D eigenvalue weighted by atomic mass is 16.5. The summed E-state index contributed by atoms with van der Waals surface area (Å²) in [5, 5.41) is 3.00. The SMILES string of the molecule is CCOc1ccccc1CCCNC(=O)[C@H](C)Oc1cccc2c1CCCC2. The first-order valence-electron chi connectivity index (χ1n) is 10.4. The third-order valence-electron chi connectivity index (χ3n) is 5.22. The zero-order valence-electron chi connectivity index (χ0n) is 17.0. The Morgan fingerprint density at radius 3 is 2.71 bits per heavy atom. The van der Waals surface area contributed by atoms with Gasteiger partial charge in [0, 0.05) is 6.54 Å². The van der Waals surface area contributed by atoms with Crippen molar-refractivity contribution in [2.45, 2.75) is 58.5 Å². The van der Waals surface area contributed by atoms with E-state index in [9.17, 15) is 4.79 Å². The normalized spacial score (nSPS) is 14.1. The number of hydrogen-bond donors (Lipinski definition) is 1. The number of rotatable bonds is 9. The van der Waals surface area contributed by atoms with E-state index in [4.69, 9.17) is 9.47 Å². The Kier molecular flexibility index (Phi) is 7.35. The smallest absolute Gasteiger partial charge is 0.260 e. The van der Waals surface area contributed by atoms with Crippen LogP contribution >= 0.6 is 0 Å². The average molecular weight is 382 g/mol. The van der Waals surface area contributed by atoms with Crippen molar-refractivity contribution in [1.29, 1.82) is 0 Å². The third-order valence-corrected chi connectivity index (χ3v) is 5.22. The lowest BCUT2D eigenvalue weighted by molar-refractivity contribution is -0.127. The fourth-order valence-corrected chi connectivity index (χ4v) is 3.74. The van der Waals surface area contributed by atoms with Crippen molar-refractivity contribution < 1.29 is 14.3 Å². The second-order valence-electron chi connectivity index (χ2n) is 7.30. The fourth-order valence-electron chi connectivity index (χ4n) is 3.74. The van der Waals surface area contributed by atoms with Crippen LogP contribution in [0.4, 0.5) is 0 Å². The number of ether oxygens (including phenoxy) is 2. The number of hydrogen-bond acceptors (Lipinski definition) is 3. The molecule has 0 spiro atoms. The molecule has 0 aromatic heterocycles. The quantitative estimate of drug-likeness (QED) is 0.652. The molecule has 2 aromatic carbocycles. The summed E-state index contributed by atoms with van der Waals surface area (Å²) in [5.74, 6) is 1.74. The molecule has 0 saturated carbocycles. The minimum absolute atomic E-state index is 0.0634. The van der Waals surface area contributed by atoms with Crippen molar-refractivity contribution in [2.75, 3.05) is 13.2 Å². The van der Waals surface area contributed by atoms with Crippen molar-refractivity contribution in [2.24, 2.45) is 0 Å². The van der Waals surface area contributed by atoms with Gasteiger partial charge in [-0.15, -0.1) is 0 Å². The zero-order chi connectivity index (χ0) is 19.8. The first-order chi connectivity index (χ1) is 13.7. The minimum Gasteiger partial charge on any atom is -0.494 e. The van der Waals surface area contributed by atoms with Crippen molar-refractivity contribution in [1.82, 2.24) is 5.32 Å². The molecule has 0 aliphatic heterocycles. The summed E-state index contributed by atoms with van der Waals surface area (Å²) in [6.45, 7) is 5.09. The lowest BCUT2D eigenvalue weighted by atomic mass is 9.91. The molecule has 0 saturated heterocycles. The van der Waals surface area contributed by atoms with Gasteiger partial charge >= 0.3 is 0 Å². The van der Waals surface area contributed by atoms with E-state index in [0.29, 0.717) is 13.2 Å². The van der Waals surface area contributed by atoms with Crippen LogP contribution in [-0.4, -0.2) is 25.2 Å². The molecule has 1 N–H and O–H groups in total. The number of para-hydroxylation sites is 1. The van der Waals surface area contributed by atoms with Crippen LogP contribution in [0, 0.1) is 0 Å². The molecular formula is C24H31NO3. The van der Waals surface area contributed by atoms with Gasteiger partial charge in [0.25, 0.3) is 5.91 Å². The van der Waals surface area contributed by atoms with Gasteiger partial charge in [-0.2, -0.15) is 0 Å². The van der Waals surface area contributed by atoms with Crippen LogP contribution in [0.3, 0.4) is 0 Å². The van der Waals surface area contributed by atoms with Crippen molar-refractivity contribution >= 4 is 5.91 Å². The third kappa shape index (κ3) is 5.28. The van der Waals surface area contributed by atoms with E-state index in [1.165, 1.54) is 29.5 Å². The summed E-state index contributed by atoms with van der Waals surface area (Å²) >= 11 is 0. The van der Waals surface area contributed by atoms with Gasteiger partial charge in [-0.25, -0.2) is 0 Å². The Morgan fingerprint density at radius 1 is 1.07 bits per heavy atom. The molecule has 1 aliphatic carbocycles. The molecule has 0 fully saturated rings. The highest BCUT2D eigenvalue weighted by Crippen LogP contribution is 2.30. The van der Waals surface area contributed by atoms with Gasteiger partial charge in [0.2, 0.25) is 0 Å². The highest BCUT2D eigenvalue weighted by molar-refractivity contribution is 5.80. The number of carbonyl (C=O) groups excluding carboxylic acids is 1. The molecule has 0 radical (unpaired) electrons. The lowest BCUT2D eigenvalue weighted by Gasteiger charge is -2.22. The largest absolute Gasteiger partial charge is 0.494 e. The van der Waals surface area contributed by atoms with Crippen LogP contribution in [0.5, 0.6) is 11.5 Å². The highest BCUT2D eigenvalue weighted by Gasteiger charge is 2.19. The van der Waals surface area contributed by atoms with Crippen molar-refractivity contribution in [3.63, 3.8) is 0 Å². The maximum Gasteiger partial charge on any atom is 0.260 e. The predicted octanol–water partition coefficient (Wildman–Crippen LogP) is 4.48. The Balaban J connectivity index is 1.47. The molecule has 0 unspecified atom stereocenters. The minimum atomic E-state index is -0.496. The van der Waals surface area contributed by atoms with Gasteiger partial charge < -0.3 is 14.8 Å². The summed E-state index contributed by atoms with van der Waals surface area (Å²) in [6.07, 6.45) is 5.82. The summed E-state index contributed by atoms with van der Waals surface area (Å²) in [4.78, 5) is 12.4. The first-order valence-corrected chi connectivity index (χ1v) is 10.4. The van der Waals surface area contributed by atoms with E-state index in [1.54, 1.807) is 0 Å². The van der Waals surface area contributed by atoms with E-state index >= 15 is 0 Å². The second kappa shape index (κ2) is 10.2. The lowest BCUT2D eigenvalue weighted by Crippen LogP contribution is -2.37. The van der Waals surface area contributed by atoms with Gasteiger partial charge in [0.05, 0.1) is 6.61 Å². The van der Waals surface area contributed by atoms with Crippen LogP contribution in [0.25, 0.3) is 0 Å². The van der Waals surface area contributed by atoms with E-state index in [2.05, 4.69) is 17.4 Å². The molecule has 1 aliphatic rings. The molecule has 1 atom stereocenters. The molecule has 2 aromatic rings. The summed E-state index contributed by atoms with van der Waals surface area (Å²) in [5.41, 5.74) is 3.82. The standard InChI is InChI=1S/C24H31NO3/c1-3-27-22-15-7-5-11-20(22)13-9-17-25-24(26)18(2)28-23-16-8-12-19-10-4-6-14-21(19)23/h5,7-8,11-12,15-16,18H,3-4,6,9-10,13-14,17H2,1-2H3,(H,25,26)/t18-/m0/s1. The van der Waals surface area contributed by atoms with E-state index in [1.807, 2.05) is 44.2 Å². The Morgan fingerprint density at radius 2 is 1.86 bits per heavy atom. The molecular weight excluding hydrogens is 350 g/mol. The van der Waals surface area contributed by atoms with Gasteiger partial charge in [0.15, 0.2) is 6.10 Å². The maximum atomic E-state index is 12.4. The molecule has 28 heavy (non-hydrogen) atoms. The molecule has 3 rings (SSSR count). The first kappa shape index (κ1) is 20.2. The van der Waals surface area contributed by atoms with Crippen LogP contribution in [0.1, 0.15) is 49.8 Å².